The number of hydrogen-bond donors (Lipinski definition) is 2. The maximum absolute atomic E-state index is 9.43. The highest BCUT2D eigenvalue weighted by Gasteiger charge is 2.35. The molecule has 0 amide bonds. The maximum Gasteiger partial charge on any atom is 0.116 e. The lowest BCUT2D eigenvalue weighted by atomic mass is 10.2. The van der Waals surface area contributed by atoms with Crippen molar-refractivity contribution in [2.24, 2.45) is 5.73 Å². The molecule has 6 heteroatoms. The fraction of sp³-hybridized carbons (Fsp3) is 0.231. The van der Waals surface area contributed by atoms with Crippen molar-refractivity contribution in [2.75, 3.05) is 0 Å². The smallest absolute Gasteiger partial charge is 0.116 e. The Morgan fingerprint density at radius 3 is 2.37 bits per heavy atom. The van der Waals surface area contributed by atoms with E-state index in [2.05, 4.69) is 12.1 Å². The number of halogens is 3. The number of benzene rings is 1. The average Bonchev–Trinajstić information content (AvgIpc) is 2.81. The van der Waals surface area contributed by atoms with Crippen LogP contribution in [0.1, 0.15) is 17.2 Å². The van der Waals surface area contributed by atoms with Gasteiger partial charge in [-0.1, -0.05) is 12.1 Å². The quantitative estimate of drug-likeness (QED) is 0.860. The lowest BCUT2D eigenvalue weighted by molar-refractivity contribution is 0.475. The zero-order valence-corrected chi connectivity index (χ0v) is 13.2. The molecule has 2 aromatic rings. The van der Waals surface area contributed by atoms with E-state index in [1.165, 1.54) is 9.75 Å². The predicted octanol–water partition coefficient (Wildman–Crippen LogP) is 4.20. The first-order chi connectivity index (χ1) is 7.74. The minimum atomic E-state index is 0. The highest BCUT2D eigenvalue weighted by molar-refractivity contribution is 7.15. The number of phenolic OH excluding ortho intramolecular Hbond substituents is 1. The van der Waals surface area contributed by atoms with Gasteiger partial charge in [-0.15, -0.1) is 48.6 Å². The Balaban J connectivity index is 0.00000108. The van der Waals surface area contributed by atoms with Crippen molar-refractivity contribution in [3.8, 4) is 16.2 Å². The molecule has 0 spiro atoms. The average molecular weight is 341 g/mol. The zero-order valence-electron chi connectivity index (χ0n) is 9.98. The van der Waals surface area contributed by atoms with Gasteiger partial charge < -0.3 is 10.8 Å². The summed E-state index contributed by atoms with van der Waals surface area (Å²) in [7, 11) is 0. The fourth-order valence-electron chi connectivity index (χ4n) is 1.91. The molecular formula is C13H16Cl3NOS. The summed E-state index contributed by atoms with van der Waals surface area (Å²) < 4.78 is 0. The van der Waals surface area contributed by atoms with Gasteiger partial charge in [0.1, 0.15) is 5.75 Å². The van der Waals surface area contributed by atoms with Gasteiger partial charge in [0.25, 0.3) is 0 Å². The predicted molar refractivity (Wildman–Crippen MR) is 88.5 cm³/mol. The summed E-state index contributed by atoms with van der Waals surface area (Å²) in [5, 5.41) is 9.43. The first kappa shape index (κ1) is 18.6. The SMILES string of the molecule is Cl.Cl.Cl.NC1CC1c1ccc(-c2cccc(O)c2)s1. The van der Waals surface area contributed by atoms with E-state index >= 15 is 0 Å². The molecule has 1 aliphatic rings. The second kappa shape index (κ2) is 7.36. The van der Waals surface area contributed by atoms with Gasteiger partial charge >= 0.3 is 0 Å². The normalized spacial score (nSPS) is 19.6. The monoisotopic (exact) mass is 339 g/mol. The van der Waals surface area contributed by atoms with E-state index in [1.807, 2.05) is 12.1 Å². The number of rotatable bonds is 2. The van der Waals surface area contributed by atoms with Crippen molar-refractivity contribution in [2.45, 2.75) is 18.4 Å². The van der Waals surface area contributed by atoms with Gasteiger partial charge in [-0.3, -0.25) is 0 Å². The molecule has 19 heavy (non-hydrogen) atoms. The van der Waals surface area contributed by atoms with Gasteiger partial charge in [0, 0.05) is 21.7 Å². The number of nitrogens with two attached hydrogens (primary N) is 1. The van der Waals surface area contributed by atoms with Gasteiger partial charge in [0.15, 0.2) is 0 Å². The second-order valence-corrected chi connectivity index (χ2v) is 5.37. The fourth-order valence-corrected chi connectivity index (χ4v) is 3.10. The van der Waals surface area contributed by atoms with E-state index in [-0.39, 0.29) is 37.2 Å². The van der Waals surface area contributed by atoms with E-state index in [0.717, 1.165) is 12.0 Å². The van der Waals surface area contributed by atoms with Crippen LogP contribution >= 0.6 is 48.6 Å². The molecule has 0 bridgehead atoms. The highest BCUT2D eigenvalue weighted by Crippen LogP contribution is 2.44. The molecule has 1 aromatic heterocycles. The molecule has 1 saturated carbocycles. The van der Waals surface area contributed by atoms with Crippen LogP contribution in [0.5, 0.6) is 5.75 Å². The van der Waals surface area contributed by atoms with Crippen LogP contribution in [0.15, 0.2) is 36.4 Å². The van der Waals surface area contributed by atoms with Gasteiger partial charge in [0.05, 0.1) is 0 Å². The van der Waals surface area contributed by atoms with Crippen LogP contribution in [-0.4, -0.2) is 11.1 Å². The Morgan fingerprint density at radius 2 is 1.79 bits per heavy atom. The molecule has 2 unspecified atom stereocenters. The summed E-state index contributed by atoms with van der Waals surface area (Å²) in [4.78, 5) is 2.57. The van der Waals surface area contributed by atoms with Crippen LogP contribution in [0, 0.1) is 0 Å². The lowest BCUT2D eigenvalue weighted by Crippen LogP contribution is -1.99. The van der Waals surface area contributed by atoms with Crippen molar-refractivity contribution in [3.63, 3.8) is 0 Å². The molecule has 106 valence electrons. The maximum atomic E-state index is 9.43. The molecular weight excluding hydrogens is 325 g/mol. The summed E-state index contributed by atoms with van der Waals surface area (Å²) >= 11 is 1.78. The minimum absolute atomic E-state index is 0. The van der Waals surface area contributed by atoms with Crippen LogP contribution in [-0.2, 0) is 0 Å². The molecule has 2 atom stereocenters. The van der Waals surface area contributed by atoms with Crippen LogP contribution in [0.2, 0.25) is 0 Å². The van der Waals surface area contributed by atoms with Crippen molar-refractivity contribution in [3.05, 3.63) is 41.3 Å². The van der Waals surface area contributed by atoms with E-state index in [1.54, 1.807) is 23.5 Å². The first-order valence-electron chi connectivity index (χ1n) is 5.39. The standard InChI is InChI=1S/C13H13NOS.3ClH/c14-11-7-10(11)13-5-4-12(16-13)8-2-1-3-9(15)6-8;;;/h1-6,10-11,15H,7,14H2;3*1H. The zero-order chi connectivity index (χ0) is 11.1. The molecule has 0 aliphatic heterocycles. The summed E-state index contributed by atoms with van der Waals surface area (Å²) in [6, 6.07) is 12.0. The Morgan fingerprint density at radius 1 is 1.11 bits per heavy atom. The van der Waals surface area contributed by atoms with Crippen molar-refractivity contribution < 1.29 is 5.11 Å². The molecule has 0 radical (unpaired) electrons. The van der Waals surface area contributed by atoms with Gasteiger partial charge in [-0.25, -0.2) is 0 Å². The highest BCUT2D eigenvalue weighted by atomic mass is 35.5. The second-order valence-electron chi connectivity index (χ2n) is 4.26. The molecule has 2 nitrogen and oxygen atoms in total. The third kappa shape index (κ3) is 4.01. The van der Waals surface area contributed by atoms with Crippen LogP contribution < -0.4 is 5.73 Å². The van der Waals surface area contributed by atoms with Gasteiger partial charge in [-0.05, 0) is 36.2 Å². The Bertz CT molecular complexity index is 532. The first-order valence-corrected chi connectivity index (χ1v) is 6.20. The minimum Gasteiger partial charge on any atom is -0.508 e. The van der Waals surface area contributed by atoms with E-state index < -0.39 is 0 Å². The van der Waals surface area contributed by atoms with E-state index in [0.29, 0.717) is 17.7 Å². The summed E-state index contributed by atoms with van der Waals surface area (Å²) in [6.45, 7) is 0. The Kier molecular flexibility index (Phi) is 7.19. The topological polar surface area (TPSA) is 46.2 Å². The van der Waals surface area contributed by atoms with Crippen molar-refractivity contribution in [1.29, 1.82) is 0 Å². The number of hydrogen-bond acceptors (Lipinski definition) is 3. The third-order valence-corrected chi connectivity index (χ3v) is 4.23. The summed E-state index contributed by atoms with van der Waals surface area (Å²) in [6.07, 6.45) is 1.11. The molecule has 1 aromatic carbocycles. The molecule has 1 heterocycles. The van der Waals surface area contributed by atoms with Gasteiger partial charge in [-0.2, -0.15) is 0 Å². The van der Waals surface area contributed by atoms with Crippen LogP contribution in [0.4, 0.5) is 0 Å². The largest absolute Gasteiger partial charge is 0.508 e. The Hall–Kier alpha value is -0.450. The van der Waals surface area contributed by atoms with Crippen molar-refractivity contribution in [1.82, 2.24) is 0 Å². The van der Waals surface area contributed by atoms with Crippen LogP contribution in [0.25, 0.3) is 10.4 Å². The molecule has 0 saturated heterocycles. The van der Waals surface area contributed by atoms with E-state index in [4.69, 9.17) is 5.73 Å². The number of thiophene rings is 1. The lowest BCUT2D eigenvalue weighted by Gasteiger charge is -1.97. The molecule has 3 rings (SSSR count). The van der Waals surface area contributed by atoms with Crippen molar-refractivity contribution >= 4 is 48.6 Å². The van der Waals surface area contributed by atoms with Crippen LogP contribution in [0.3, 0.4) is 0 Å². The van der Waals surface area contributed by atoms with E-state index in [9.17, 15) is 5.11 Å². The molecule has 3 N–H and O–H groups in total. The number of aromatic hydroxyl groups is 1. The summed E-state index contributed by atoms with van der Waals surface area (Å²) in [5.74, 6) is 0.881. The Labute approximate surface area is 135 Å². The molecule has 1 aliphatic carbocycles. The van der Waals surface area contributed by atoms with Gasteiger partial charge in [0.2, 0.25) is 0 Å². The molecule has 1 fully saturated rings. The third-order valence-electron chi connectivity index (χ3n) is 2.96. The number of phenols is 1. The summed E-state index contributed by atoms with van der Waals surface area (Å²) in [5.41, 5.74) is 6.91.